The maximum Gasteiger partial charge on any atom is 0.183 e. The van der Waals surface area contributed by atoms with E-state index in [0.29, 0.717) is 6.54 Å². The van der Waals surface area contributed by atoms with Crippen LogP contribution in [0.15, 0.2) is 62.1 Å². The highest BCUT2D eigenvalue weighted by Gasteiger charge is 2.11. The molecule has 0 aliphatic rings. The lowest BCUT2D eigenvalue weighted by Crippen LogP contribution is -2.18. The molecule has 1 atom stereocenters. The molecule has 1 N–H and O–H groups in total. The van der Waals surface area contributed by atoms with E-state index >= 15 is 0 Å². The average molecular weight is 409 g/mol. The first-order chi connectivity index (χ1) is 10.1. The van der Waals surface area contributed by atoms with Crippen LogP contribution < -0.4 is 5.32 Å². The van der Waals surface area contributed by atoms with Crippen molar-refractivity contribution in [2.45, 2.75) is 19.5 Å². The van der Waals surface area contributed by atoms with Gasteiger partial charge in [0.15, 0.2) is 4.67 Å². The highest BCUT2D eigenvalue weighted by Crippen LogP contribution is 2.28. The summed E-state index contributed by atoms with van der Waals surface area (Å²) in [5.41, 5.74) is 1.30. The Labute approximate surface area is 140 Å². The molecule has 0 saturated carbocycles. The smallest absolute Gasteiger partial charge is 0.183 e. The molecular weight excluding hydrogens is 394 g/mol. The summed E-state index contributed by atoms with van der Waals surface area (Å²) >= 11 is 6.79. The maximum atomic E-state index is 5.60. The molecule has 108 valence electrons. The van der Waals surface area contributed by atoms with Gasteiger partial charge in [0, 0.05) is 6.04 Å². The van der Waals surface area contributed by atoms with Gasteiger partial charge in [-0.25, -0.2) is 0 Å². The first-order valence-electron chi connectivity index (χ1n) is 6.80. The lowest BCUT2D eigenvalue weighted by molar-refractivity contribution is 0.447. The van der Waals surface area contributed by atoms with Crippen molar-refractivity contribution in [2.75, 3.05) is 0 Å². The second-order valence-electron chi connectivity index (χ2n) is 5.01. The number of fused-ring (bicyclic) bond motifs is 1. The number of rotatable bonds is 4. The Kier molecular flexibility index (Phi) is 4.48. The van der Waals surface area contributed by atoms with Gasteiger partial charge in [0.25, 0.3) is 0 Å². The van der Waals surface area contributed by atoms with Gasteiger partial charge < -0.3 is 9.73 Å². The zero-order valence-corrected chi connectivity index (χ0v) is 14.7. The van der Waals surface area contributed by atoms with Crippen LogP contribution in [-0.4, -0.2) is 0 Å². The molecule has 0 fully saturated rings. The predicted octanol–water partition coefficient (Wildman–Crippen LogP) is 5.81. The van der Waals surface area contributed by atoms with Gasteiger partial charge in [0.1, 0.15) is 5.76 Å². The Balaban J connectivity index is 1.79. The van der Waals surface area contributed by atoms with E-state index in [2.05, 4.69) is 86.6 Å². The van der Waals surface area contributed by atoms with E-state index in [0.717, 1.165) is 14.9 Å². The molecule has 0 saturated heterocycles. The quantitative estimate of drug-likeness (QED) is 0.589. The fraction of sp³-hybridized carbons (Fsp3) is 0.176. The van der Waals surface area contributed by atoms with Gasteiger partial charge in [-0.1, -0.05) is 42.5 Å². The summed E-state index contributed by atoms with van der Waals surface area (Å²) in [5, 5.41) is 6.08. The van der Waals surface area contributed by atoms with Crippen LogP contribution in [0.4, 0.5) is 0 Å². The molecule has 0 amide bonds. The Morgan fingerprint density at radius 1 is 1.10 bits per heavy atom. The summed E-state index contributed by atoms with van der Waals surface area (Å²) in [6.45, 7) is 2.86. The van der Waals surface area contributed by atoms with E-state index < -0.39 is 0 Å². The van der Waals surface area contributed by atoms with Crippen molar-refractivity contribution in [2.24, 2.45) is 0 Å². The van der Waals surface area contributed by atoms with Crippen LogP contribution >= 0.6 is 31.9 Å². The van der Waals surface area contributed by atoms with E-state index in [-0.39, 0.29) is 6.04 Å². The molecule has 2 nitrogen and oxygen atoms in total. The van der Waals surface area contributed by atoms with Crippen LogP contribution in [-0.2, 0) is 6.54 Å². The minimum absolute atomic E-state index is 0.249. The zero-order valence-electron chi connectivity index (χ0n) is 11.6. The van der Waals surface area contributed by atoms with Crippen molar-refractivity contribution < 1.29 is 4.42 Å². The van der Waals surface area contributed by atoms with Crippen LogP contribution in [0.1, 0.15) is 24.3 Å². The molecule has 1 aromatic heterocycles. The first kappa shape index (κ1) is 14.8. The van der Waals surface area contributed by atoms with Crippen molar-refractivity contribution in [3.63, 3.8) is 0 Å². The number of hydrogen-bond acceptors (Lipinski definition) is 2. The van der Waals surface area contributed by atoms with Gasteiger partial charge in [0.2, 0.25) is 0 Å². The molecule has 21 heavy (non-hydrogen) atoms. The minimum atomic E-state index is 0.249. The van der Waals surface area contributed by atoms with Gasteiger partial charge in [0.05, 0.1) is 11.0 Å². The van der Waals surface area contributed by atoms with E-state index in [9.17, 15) is 0 Å². The van der Waals surface area contributed by atoms with Gasteiger partial charge in [-0.05, 0) is 61.2 Å². The van der Waals surface area contributed by atoms with Crippen molar-refractivity contribution in [3.05, 3.63) is 69.0 Å². The molecule has 0 bridgehead atoms. The van der Waals surface area contributed by atoms with Gasteiger partial charge in [-0.2, -0.15) is 0 Å². The molecule has 3 aromatic rings. The molecule has 0 aliphatic carbocycles. The molecule has 1 heterocycles. The largest absolute Gasteiger partial charge is 0.452 e. The Morgan fingerprint density at radius 2 is 1.86 bits per heavy atom. The summed E-state index contributed by atoms with van der Waals surface area (Å²) in [7, 11) is 0. The highest BCUT2D eigenvalue weighted by atomic mass is 79.9. The van der Waals surface area contributed by atoms with Crippen LogP contribution in [0.3, 0.4) is 0 Å². The third kappa shape index (κ3) is 3.23. The van der Waals surface area contributed by atoms with Crippen molar-refractivity contribution >= 4 is 42.6 Å². The fourth-order valence-electron chi connectivity index (χ4n) is 2.47. The standard InChI is InChI=1S/C17H15Br2NO/c1-11(20-10-13-9-16(18)17(19)21-13)14-8-4-6-12-5-2-3-7-15(12)14/h2-9,11,20H,10H2,1H3. The van der Waals surface area contributed by atoms with E-state index in [1.807, 2.05) is 6.07 Å². The normalized spacial score (nSPS) is 12.7. The molecule has 0 aliphatic heterocycles. The second kappa shape index (κ2) is 6.34. The SMILES string of the molecule is CC(NCc1cc(Br)c(Br)o1)c1cccc2ccccc12. The summed E-state index contributed by atoms with van der Waals surface area (Å²) in [5.74, 6) is 0.904. The molecule has 0 spiro atoms. The number of halogens is 2. The molecule has 3 rings (SSSR count). The molecule has 0 radical (unpaired) electrons. The first-order valence-corrected chi connectivity index (χ1v) is 8.38. The van der Waals surface area contributed by atoms with E-state index in [1.54, 1.807) is 0 Å². The molecular formula is C17H15Br2NO. The molecule has 2 aromatic carbocycles. The Bertz CT molecular complexity index is 742. The predicted molar refractivity (Wildman–Crippen MR) is 93.3 cm³/mol. The monoisotopic (exact) mass is 407 g/mol. The van der Waals surface area contributed by atoms with Gasteiger partial charge >= 0.3 is 0 Å². The lowest BCUT2D eigenvalue weighted by Gasteiger charge is -2.15. The van der Waals surface area contributed by atoms with Crippen LogP contribution in [0.2, 0.25) is 0 Å². The highest BCUT2D eigenvalue weighted by molar-refractivity contribution is 9.13. The third-order valence-corrected chi connectivity index (χ3v) is 5.28. The summed E-state index contributed by atoms with van der Waals surface area (Å²) in [4.78, 5) is 0. The maximum absolute atomic E-state index is 5.60. The van der Waals surface area contributed by atoms with Crippen molar-refractivity contribution in [1.82, 2.24) is 5.32 Å². The van der Waals surface area contributed by atoms with Gasteiger partial charge in [-0.15, -0.1) is 0 Å². The average Bonchev–Trinajstić information content (AvgIpc) is 2.83. The number of benzene rings is 2. The van der Waals surface area contributed by atoms with Gasteiger partial charge in [-0.3, -0.25) is 0 Å². The molecule has 1 unspecified atom stereocenters. The van der Waals surface area contributed by atoms with Crippen LogP contribution in [0.5, 0.6) is 0 Å². The van der Waals surface area contributed by atoms with E-state index in [4.69, 9.17) is 4.42 Å². The Morgan fingerprint density at radius 3 is 2.62 bits per heavy atom. The Hall–Kier alpha value is -1.10. The topological polar surface area (TPSA) is 25.2 Å². The fourth-order valence-corrected chi connectivity index (χ4v) is 3.13. The third-order valence-electron chi connectivity index (χ3n) is 3.57. The minimum Gasteiger partial charge on any atom is -0.452 e. The second-order valence-corrected chi connectivity index (χ2v) is 6.58. The van der Waals surface area contributed by atoms with Crippen LogP contribution in [0.25, 0.3) is 10.8 Å². The van der Waals surface area contributed by atoms with Crippen molar-refractivity contribution in [1.29, 1.82) is 0 Å². The number of nitrogens with one attached hydrogen (secondary N) is 1. The van der Waals surface area contributed by atoms with Crippen molar-refractivity contribution in [3.8, 4) is 0 Å². The summed E-state index contributed by atoms with van der Waals surface area (Å²) in [6.07, 6.45) is 0. The van der Waals surface area contributed by atoms with E-state index in [1.165, 1.54) is 16.3 Å². The molecule has 4 heteroatoms. The zero-order chi connectivity index (χ0) is 14.8. The summed E-state index contributed by atoms with van der Waals surface area (Å²) < 4.78 is 7.27. The van der Waals surface area contributed by atoms with Crippen LogP contribution in [0, 0.1) is 0 Å². The lowest BCUT2D eigenvalue weighted by atomic mass is 10.00. The number of hydrogen-bond donors (Lipinski definition) is 1. The number of furan rings is 1. The summed E-state index contributed by atoms with van der Waals surface area (Å²) in [6, 6.07) is 17.1.